The Morgan fingerprint density at radius 2 is 2.05 bits per heavy atom. The van der Waals surface area contributed by atoms with Crippen LogP contribution in [-0.4, -0.2) is 54.6 Å². The third-order valence-corrected chi connectivity index (χ3v) is 3.82. The quantitative estimate of drug-likeness (QED) is 0.719. The maximum Gasteiger partial charge on any atom is 0.245 e. The van der Waals surface area contributed by atoms with Crippen molar-refractivity contribution in [3.8, 4) is 0 Å². The lowest BCUT2D eigenvalue weighted by molar-refractivity contribution is -0.151. The molecule has 0 aromatic heterocycles. The Bertz CT molecular complexity index is 355. The topological polar surface area (TPSA) is 84.7 Å². The highest BCUT2D eigenvalue weighted by Crippen LogP contribution is 2.20. The second-order valence-electron chi connectivity index (χ2n) is 5.55. The molecule has 0 bridgehead atoms. The number of hydrogen-bond donors (Lipinski definition) is 2. The fraction of sp³-hybridized carbons (Fsp3) is 0.846. The summed E-state index contributed by atoms with van der Waals surface area (Å²) in [6, 6.07) is -0.442. The van der Waals surface area contributed by atoms with Crippen molar-refractivity contribution in [1.82, 2.24) is 10.2 Å². The van der Waals surface area contributed by atoms with Crippen LogP contribution in [0.25, 0.3) is 0 Å². The van der Waals surface area contributed by atoms with Crippen LogP contribution in [0.5, 0.6) is 0 Å². The maximum atomic E-state index is 12.4. The maximum absolute atomic E-state index is 12.4. The van der Waals surface area contributed by atoms with Crippen LogP contribution < -0.4 is 11.1 Å². The largest absolute Gasteiger partial charge is 0.377 e. The van der Waals surface area contributed by atoms with Crippen molar-refractivity contribution in [3.05, 3.63) is 0 Å². The number of nitrogens with one attached hydrogen (secondary N) is 1. The molecule has 6 nitrogen and oxygen atoms in total. The normalized spacial score (nSPS) is 26.7. The number of carbonyl (C=O) groups is 2. The van der Waals surface area contributed by atoms with Crippen molar-refractivity contribution in [2.45, 2.75) is 44.8 Å². The molecule has 3 unspecified atom stereocenters. The van der Waals surface area contributed by atoms with Crippen LogP contribution in [0.3, 0.4) is 0 Å². The van der Waals surface area contributed by atoms with E-state index >= 15 is 0 Å². The summed E-state index contributed by atoms with van der Waals surface area (Å²) >= 11 is 0. The first-order valence-corrected chi connectivity index (χ1v) is 6.95. The highest BCUT2D eigenvalue weighted by Gasteiger charge is 2.37. The Hall–Kier alpha value is -1.14. The molecule has 1 saturated carbocycles. The minimum absolute atomic E-state index is 0.0609. The summed E-state index contributed by atoms with van der Waals surface area (Å²) in [4.78, 5) is 26.1. The number of rotatable bonds is 4. The highest BCUT2D eigenvalue weighted by molar-refractivity contribution is 5.89. The lowest BCUT2D eigenvalue weighted by Gasteiger charge is -2.36. The molecule has 2 fully saturated rings. The number of amides is 2. The fourth-order valence-corrected chi connectivity index (χ4v) is 2.10. The standard InChI is InChI=1S/C13H23N3O3/c1-8(9(2)14)13(18)16-5-6-19-7-11(16)12(17)15-10-3-4-10/h8-11H,3-7,14H2,1-2H3,(H,15,17). The van der Waals surface area contributed by atoms with Crippen molar-refractivity contribution in [2.24, 2.45) is 11.7 Å². The van der Waals surface area contributed by atoms with Gasteiger partial charge in [-0.1, -0.05) is 6.92 Å². The summed E-state index contributed by atoms with van der Waals surface area (Å²) in [6.45, 7) is 4.82. The molecule has 6 heteroatoms. The summed E-state index contributed by atoms with van der Waals surface area (Å²) in [5.41, 5.74) is 5.78. The molecule has 2 aliphatic rings. The number of carbonyl (C=O) groups excluding carboxylic acids is 2. The van der Waals surface area contributed by atoms with E-state index in [2.05, 4.69) is 5.32 Å². The number of morpholine rings is 1. The Morgan fingerprint density at radius 1 is 1.37 bits per heavy atom. The first-order valence-electron chi connectivity index (χ1n) is 6.95. The van der Waals surface area contributed by atoms with Gasteiger partial charge in [0.1, 0.15) is 6.04 Å². The zero-order valence-corrected chi connectivity index (χ0v) is 11.6. The molecular weight excluding hydrogens is 246 g/mol. The molecular formula is C13H23N3O3. The van der Waals surface area contributed by atoms with Crippen LogP contribution in [0.2, 0.25) is 0 Å². The van der Waals surface area contributed by atoms with Gasteiger partial charge < -0.3 is 20.7 Å². The Labute approximate surface area is 113 Å². The average molecular weight is 269 g/mol. The van der Waals surface area contributed by atoms with Crippen LogP contribution in [0.15, 0.2) is 0 Å². The third-order valence-electron chi connectivity index (χ3n) is 3.82. The van der Waals surface area contributed by atoms with Gasteiger partial charge in [-0.15, -0.1) is 0 Å². The summed E-state index contributed by atoms with van der Waals surface area (Å²) in [6.07, 6.45) is 2.06. The first kappa shape index (κ1) is 14.3. The number of ether oxygens (including phenoxy) is 1. The first-order chi connectivity index (χ1) is 9.00. The van der Waals surface area contributed by atoms with Crippen LogP contribution in [0.4, 0.5) is 0 Å². The van der Waals surface area contributed by atoms with Crippen LogP contribution in [0.1, 0.15) is 26.7 Å². The molecule has 3 atom stereocenters. The zero-order valence-electron chi connectivity index (χ0n) is 11.6. The van der Waals surface area contributed by atoms with Crippen molar-refractivity contribution in [1.29, 1.82) is 0 Å². The van der Waals surface area contributed by atoms with Crippen molar-refractivity contribution in [2.75, 3.05) is 19.8 Å². The van der Waals surface area contributed by atoms with Gasteiger partial charge in [-0.05, 0) is 19.8 Å². The van der Waals surface area contributed by atoms with Gasteiger partial charge in [-0.2, -0.15) is 0 Å². The molecule has 0 radical (unpaired) electrons. The monoisotopic (exact) mass is 269 g/mol. The molecule has 3 N–H and O–H groups in total. The van der Waals surface area contributed by atoms with Crippen molar-refractivity contribution >= 4 is 11.8 Å². The van der Waals surface area contributed by atoms with Gasteiger partial charge in [0.2, 0.25) is 11.8 Å². The molecule has 0 spiro atoms. The van der Waals surface area contributed by atoms with Gasteiger partial charge in [-0.3, -0.25) is 9.59 Å². The number of nitrogens with zero attached hydrogens (tertiary/aromatic N) is 1. The minimum Gasteiger partial charge on any atom is -0.377 e. The van der Waals surface area contributed by atoms with E-state index in [9.17, 15) is 9.59 Å². The zero-order chi connectivity index (χ0) is 14.0. The average Bonchev–Trinajstić information content (AvgIpc) is 3.20. The fourth-order valence-electron chi connectivity index (χ4n) is 2.10. The van der Waals surface area contributed by atoms with E-state index in [-0.39, 0.29) is 36.4 Å². The van der Waals surface area contributed by atoms with Crippen LogP contribution in [-0.2, 0) is 14.3 Å². The highest BCUT2D eigenvalue weighted by atomic mass is 16.5. The summed E-state index contributed by atoms with van der Waals surface area (Å²) < 4.78 is 5.34. The van der Waals surface area contributed by atoms with E-state index in [1.807, 2.05) is 6.92 Å². The Kier molecular flexibility index (Phi) is 4.42. The molecule has 1 aliphatic carbocycles. The van der Waals surface area contributed by atoms with E-state index in [0.29, 0.717) is 13.2 Å². The van der Waals surface area contributed by atoms with Crippen LogP contribution >= 0.6 is 0 Å². The van der Waals surface area contributed by atoms with Crippen LogP contribution in [0, 0.1) is 5.92 Å². The molecule has 2 rings (SSSR count). The van der Waals surface area contributed by atoms with Crippen molar-refractivity contribution in [3.63, 3.8) is 0 Å². The predicted molar refractivity (Wildman–Crippen MR) is 70.3 cm³/mol. The van der Waals surface area contributed by atoms with E-state index in [4.69, 9.17) is 10.5 Å². The van der Waals surface area contributed by atoms with E-state index in [0.717, 1.165) is 12.8 Å². The number of nitrogens with two attached hydrogens (primary N) is 1. The van der Waals surface area contributed by atoms with Gasteiger partial charge in [0.05, 0.1) is 19.1 Å². The van der Waals surface area contributed by atoms with Gasteiger partial charge in [0.15, 0.2) is 0 Å². The summed E-state index contributed by atoms with van der Waals surface area (Å²) in [5, 5.41) is 2.93. The lowest BCUT2D eigenvalue weighted by atomic mass is 10.0. The minimum atomic E-state index is -0.511. The molecule has 1 aliphatic heterocycles. The van der Waals surface area contributed by atoms with E-state index < -0.39 is 6.04 Å². The van der Waals surface area contributed by atoms with Crippen molar-refractivity contribution < 1.29 is 14.3 Å². The lowest BCUT2D eigenvalue weighted by Crippen LogP contribution is -2.58. The second kappa shape index (κ2) is 5.88. The Morgan fingerprint density at radius 3 is 2.63 bits per heavy atom. The van der Waals surface area contributed by atoms with Gasteiger partial charge in [-0.25, -0.2) is 0 Å². The molecule has 0 aromatic rings. The number of hydrogen-bond acceptors (Lipinski definition) is 4. The summed E-state index contributed by atoms with van der Waals surface area (Å²) in [7, 11) is 0. The van der Waals surface area contributed by atoms with Gasteiger partial charge in [0.25, 0.3) is 0 Å². The SMILES string of the molecule is CC(N)C(C)C(=O)N1CCOCC1C(=O)NC1CC1. The molecule has 1 saturated heterocycles. The molecule has 19 heavy (non-hydrogen) atoms. The van der Waals surface area contributed by atoms with Gasteiger partial charge >= 0.3 is 0 Å². The predicted octanol–water partition coefficient (Wildman–Crippen LogP) is -0.524. The summed E-state index contributed by atoms with van der Waals surface area (Å²) in [5.74, 6) is -0.448. The Balaban J connectivity index is 2.01. The van der Waals surface area contributed by atoms with Gasteiger partial charge in [0, 0.05) is 18.6 Å². The smallest absolute Gasteiger partial charge is 0.245 e. The molecule has 1 heterocycles. The van der Waals surface area contributed by atoms with E-state index in [1.165, 1.54) is 0 Å². The molecule has 108 valence electrons. The molecule has 0 aromatic carbocycles. The van der Waals surface area contributed by atoms with E-state index in [1.54, 1.807) is 11.8 Å². The molecule has 2 amide bonds. The third kappa shape index (κ3) is 3.45. The second-order valence-corrected chi connectivity index (χ2v) is 5.55.